The highest BCUT2D eigenvalue weighted by Gasteiger charge is 2.31. The maximum absolute atomic E-state index is 13.9. The monoisotopic (exact) mass is 537 g/mol. The first-order chi connectivity index (χ1) is 18.1. The third-order valence-corrected chi connectivity index (χ3v) is 6.84. The van der Waals surface area contributed by atoms with Gasteiger partial charge >= 0.3 is 6.18 Å². The lowest BCUT2D eigenvalue weighted by Gasteiger charge is -2.26. The summed E-state index contributed by atoms with van der Waals surface area (Å²) < 4.78 is 41.0. The highest BCUT2D eigenvalue weighted by Crippen LogP contribution is 2.31. The zero-order valence-electron chi connectivity index (χ0n) is 20.3. The molecule has 4 aromatic rings. The Labute approximate surface area is 221 Å². The Hall–Kier alpha value is -3.88. The molecule has 38 heavy (non-hydrogen) atoms. The number of nitrogens with zero attached hydrogens (tertiary/aromatic N) is 1. The van der Waals surface area contributed by atoms with Gasteiger partial charge in [-0.15, -0.1) is 11.6 Å². The number of para-hydroxylation sites is 1. The molecule has 5 rings (SSSR count). The van der Waals surface area contributed by atoms with Crippen LogP contribution < -0.4 is 16.2 Å². The lowest BCUT2D eigenvalue weighted by molar-refractivity contribution is -0.137. The van der Waals surface area contributed by atoms with Crippen molar-refractivity contribution in [2.45, 2.75) is 31.6 Å². The molecule has 1 atom stereocenters. The highest BCUT2D eigenvalue weighted by atomic mass is 35.5. The molecule has 0 aliphatic carbocycles. The summed E-state index contributed by atoms with van der Waals surface area (Å²) in [4.78, 5) is 26.7. The van der Waals surface area contributed by atoms with Crippen LogP contribution in [0.2, 0.25) is 0 Å². The maximum Gasteiger partial charge on any atom is 0.416 e. The molecule has 0 radical (unpaired) electrons. The van der Waals surface area contributed by atoms with Crippen LogP contribution in [-0.2, 0) is 19.1 Å². The van der Waals surface area contributed by atoms with Gasteiger partial charge in [-0.2, -0.15) is 13.2 Å². The number of alkyl halides is 4. The molecule has 2 N–H and O–H groups in total. The van der Waals surface area contributed by atoms with Crippen molar-refractivity contribution in [1.82, 2.24) is 9.88 Å². The van der Waals surface area contributed by atoms with Gasteiger partial charge in [-0.1, -0.05) is 30.3 Å². The van der Waals surface area contributed by atoms with Gasteiger partial charge in [0.25, 0.3) is 11.5 Å². The number of hydrogen-bond donors (Lipinski definition) is 2. The fourth-order valence-electron chi connectivity index (χ4n) is 4.62. The van der Waals surface area contributed by atoms with Gasteiger partial charge in [0.05, 0.1) is 11.1 Å². The van der Waals surface area contributed by atoms with Crippen LogP contribution in [0.4, 0.5) is 18.9 Å². The molecule has 5 nitrogen and oxygen atoms in total. The number of carbonyl (C=O) groups is 1. The molecule has 194 valence electrons. The van der Waals surface area contributed by atoms with Crippen molar-refractivity contribution in [3.63, 3.8) is 0 Å². The molecule has 1 aliphatic heterocycles. The largest absolute Gasteiger partial charge is 0.416 e. The average molecular weight is 538 g/mol. The summed E-state index contributed by atoms with van der Waals surface area (Å²) in [6.45, 7) is 2.33. The van der Waals surface area contributed by atoms with Crippen molar-refractivity contribution in [3.8, 4) is 16.8 Å². The molecule has 1 unspecified atom stereocenters. The number of halogens is 4. The van der Waals surface area contributed by atoms with Crippen LogP contribution >= 0.6 is 11.6 Å². The molecular weight excluding hydrogens is 515 g/mol. The molecule has 1 aromatic heterocycles. The lowest BCUT2D eigenvalue weighted by atomic mass is 9.96. The minimum atomic E-state index is -4.56. The number of fused-ring (bicyclic) bond motifs is 1. The van der Waals surface area contributed by atoms with E-state index in [1.54, 1.807) is 22.8 Å². The summed E-state index contributed by atoms with van der Waals surface area (Å²) >= 11 is 6.36. The molecule has 1 aliphatic rings. The number of anilines is 1. The van der Waals surface area contributed by atoms with Crippen LogP contribution in [0.25, 0.3) is 16.8 Å². The van der Waals surface area contributed by atoms with Crippen molar-refractivity contribution < 1.29 is 18.0 Å². The molecule has 1 amide bonds. The smallest absolute Gasteiger partial charge is 0.322 e. The van der Waals surface area contributed by atoms with Gasteiger partial charge < -0.3 is 5.32 Å². The number of benzene rings is 3. The molecule has 0 bridgehead atoms. The molecule has 3 aromatic carbocycles. The summed E-state index contributed by atoms with van der Waals surface area (Å²) in [5.41, 5.74) is 3.12. The van der Waals surface area contributed by atoms with Crippen LogP contribution in [0.1, 0.15) is 32.7 Å². The first kappa shape index (κ1) is 25.8. The van der Waals surface area contributed by atoms with Gasteiger partial charge in [-0.3, -0.25) is 19.5 Å². The number of hydrogen-bond acceptors (Lipinski definition) is 3. The quantitative estimate of drug-likeness (QED) is 0.237. The summed E-state index contributed by atoms with van der Waals surface area (Å²) in [6, 6.07) is 20.4. The second-order valence-corrected chi connectivity index (χ2v) is 9.65. The Bertz CT molecular complexity index is 1580. The Morgan fingerprint density at radius 3 is 2.50 bits per heavy atom. The third-order valence-electron chi connectivity index (χ3n) is 6.53. The number of nitrogens with one attached hydrogen (secondary N) is 2. The Kier molecular flexibility index (Phi) is 6.86. The summed E-state index contributed by atoms with van der Waals surface area (Å²) in [7, 11) is 0. The second kappa shape index (κ2) is 10.1. The Balaban J connectivity index is 1.57. The minimum absolute atomic E-state index is 0.121. The van der Waals surface area contributed by atoms with E-state index in [1.165, 1.54) is 12.1 Å². The van der Waals surface area contributed by atoms with E-state index in [9.17, 15) is 22.8 Å². The summed E-state index contributed by atoms with van der Waals surface area (Å²) in [5.74, 6) is -0.685. The van der Waals surface area contributed by atoms with Crippen molar-refractivity contribution in [2.24, 2.45) is 0 Å². The maximum atomic E-state index is 13.9. The second-order valence-electron chi connectivity index (χ2n) is 9.12. The zero-order chi connectivity index (χ0) is 27.0. The Morgan fingerprint density at radius 2 is 1.76 bits per heavy atom. The number of carbonyl (C=O) groups excluding carboxylic acids is 1. The van der Waals surface area contributed by atoms with Gasteiger partial charge in [0, 0.05) is 41.2 Å². The standard InChI is InChI=1S/C29H23ClF3N3O2/c1-17-10-11-21(35-27(37)18-6-5-7-20(12-18)29(31,32)33)14-23(17)24-13-19-16-34-26(30)15-25(19)36(28(24)38)22-8-3-2-4-9-22/h2-14,26,34H,15-16H2,1H3,(H,35,37). The van der Waals surface area contributed by atoms with Gasteiger partial charge in [-0.25, -0.2) is 0 Å². The van der Waals surface area contributed by atoms with E-state index in [0.29, 0.717) is 35.5 Å². The van der Waals surface area contributed by atoms with Crippen LogP contribution in [0.15, 0.2) is 83.7 Å². The molecule has 0 saturated carbocycles. The van der Waals surface area contributed by atoms with Gasteiger partial charge in [0.1, 0.15) is 0 Å². The van der Waals surface area contributed by atoms with Gasteiger partial charge in [0.2, 0.25) is 0 Å². The lowest BCUT2D eigenvalue weighted by Crippen LogP contribution is -2.36. The van der Waals surface area contributed by atoms with E-state index in [4.69, 9.17) is 11.6 Å². The van der Waals surface area contributed by atoms with Crippen molar-refractivity contribution in [1.29, 1.82) is 0 Å². The highest BCUT2D eigenvalue weighted by molar-refractivity contribution is 6.20. The summed E-state index contributed by atoms with van der Waals surface area (Å²) in [6.07, 6.45) is -4.09. The average Bonchev–Trinajstić information content (AvgIpc) is 2.89. The minimum Gasteiger partial charge on any atom is -0.322 e. The van der Waals surface area contributed by atoms with Crippen LogP contribution in [0, 0.1) is 6.92 Å². The zero-order valence-corrected chi connectivity index (χ0v) is 21.0. The number of aryl methyl sites for hydroxylation is 1. The fraction of sp³-hybridized carbons (Fsp3) is 0.172. The molecule has 9 heteroatoms. The van der Waals surface area contributed by atoms with Crippen molar-refractivity contribution in [3.05, 3.63) is 117 Å². The predicted octanol–water partition coefficient (Wildman–Crippen LogP) is 6.29. The molecule has 0 spiro atoms. The van der Waals surface area contributed by atoms with Crippen LogP contribution in [0.3, 0.4) is 0 Å². The van der Waals surface area contributed by atoms with Crippen LogP contribution in [0.5, 0.6) is 0 Å². The number of aromatic nitrogens is 1. The predicted molar refractivity (Wildman–Crippen MR) is 142 cm³/mol. The normalized spacial score (nSPS) is 15.1. The first-order valence-corrected chi connectivity index (χ1v) is 12.4. The van der Waals surface area contributed by atoms with E-state index in [-0.39, 0.29) is 16.6 Å². The molecule has 2 heterocycles. The Morgan fingerprint density at radius 1 is 1.00 bits per heavy atom. The van der Waals surface area contributed by atoms with E-state index in [0.717, 1.165) is 29.0 Å². The SMILES string of the molecule is Cc1ccc(NC(=O)c2cccc(C(F)(F)F)c2)cc1-c1cc2c(n(-c3ccccc3)c1=O)CC(Cl)NC2. The molecule has 0 fully saturated rings. The number of amides is 1. The fourth-order valence-corrected chi connectivity index (χ4v) is 4.84. The molecule has 0 saturated heterocycles. The van der Waals surface area contributed by atoms with Gasteiger partial charge in [-0.05, 0) is 72.1 Å². The topological polar surface area (TPSA) is 63.1 Å². The van der Waals surface area contributed by atoms with Crippen molar-refractivity contribution >= 4 is 23.2 Å². The number of pyridine rings is 1. The first-order valence-electron chi connectivity index (χ1n) is 11.9. The van der Waals surface area contributed by atoms with E-state index in [1.807, 2.05) is 43.3 Å². The summed E-state index contributed by atoms with van der Waals surface area (Å²) in [5, 5.41) is 5.88. The van der Waals surface area contributed by atoms with Crippen molar-refractivity contribution in [2.75, 3.05) is 5.32 Å². The number of rotatable bonds is 4. The van der Waals surface area contributed by atoms with E-state index < -0.39 is 17.6 Å². The third kappa shape index (κ3) is 5.10. The van der Waals surface area contributed by atoms with Gasteiger partial charge in [0.15, 0.2) is 0 Å². The van der Waals surface area contributed by atoms with E-state index >= 15 is 0 Å². The van der Waals surface area contributed by atoms with Crippen LogP contribution in [-0.4, -0.2) is 16.0 Å². The van der Waals surface area contributed by atoms with E-state index in [2.05, 4.69) is 10.6 Å². The molecular formula is C29H23ClF3N3O2.